The predicted molar refractivity (Wildman–Crippen MR) is 62.4 cm³/mol. The summed E-state index contributed by atoms with van der Waals surface area (Å²) in [7, 11) is 1.62. The van der Waals surface area contributed by atoms with Crippen LogP contribution in [0.25, 0.3) is 11.3 Å². The molecule has 0 saturated carbocycles. The lowest BCUT2D eigenvalue weighted by molar-refractivity contribution is 0.404. The van der Waals surface area contributed by atoms with E-state index in [1.807, 2.05) is 32.0 Å². The molecule has 1 heterocycles. The molecule has 2 N–H and O–H groups in total. The van der Waals surface area contributed by atoms with Crippen molar-refractivity contribution in [3.05, 3.63) is 29.5 Å². The Hall–Kier alpha value is -1.97. The average molecular weight is 218 g/mol. The number of methoxy groups -OCH3 is 1. The second kappa shape index (κ2) is 3.89. The maximum atomic E-state index is 5.90. The van der Waals surface area contributed by atoms with Gasteiger partial charge in [-0.15, -0.1) is 0 Å². The van der Waals surface area contributed by atoms with Gasteiger partial charge in [-0.05, 0) is 26.0 Å². The monoisotopic (exact) mass is 218 g/mol. The van der Waals surface area contributed by atoms with E-state index in [4.69, 9.17) is 15.0 Å². The van der Waals surface area contributed by atoms with E-state index < -0.39 is 0 Å². The van der Waals surface area contributed by atoms with Crippen LogP contribution in [0, 0.1) is 13.8 Å². The van der Waals surface area contributed by atoms with E-state index in [1.165, 1.54) is 0 Å². The molecule has 0 aliphatic rings. The molecule has 0 saturated heterocycles. The van der Waals surface area contributed by atoms with E-state index in [9.17, 15) is 0 Å². The van der Waals surface area contributed by atoms with Crippen LogP contribution in [0.5, 0.6) is 5.75 Å². The number of benzene rings is 1. The molecule has 0 radical (unpaired) electrons. The van der Waals surface area contributed by atoms with Gasteiger partial charge in [0.1, 0.15) is 17.1 Å². The smallest absolute Gasteiger partial charge is 0.193 e. The molecule has 4 heteroatoms. The molecular formula is C12H14N2O2. The van der Waals surface area contributed by atoms with Crippen molar-refractivity contribution in [2.24, 2.45) is 0 Å². The molecular weight excluding hydrogens is 204 g/mol. The number of aromatic nitrogens is 1. The van der Waals surface area contributed by atoms with Crippen molar-refractivity contribution in [3.8, 4) is 17.1 Å². The van der Waals surface area contributed by atoms with Crippen LogP contribution in [-0.4, -0.2) is 12.3 Å². The summed E-state index contributed by atoms with van der Waals surface area (Å²) in [6.07, 6.45) is 0. The average Bonchev–Trinajstić information content (AvgIpc) is 2.60. The van der Waals surface area contributed by atoms with E-state index in [0.29, 0.717) is 17.1 Å². The number of nitrogens with zero attached hydrogens (tertiary/aromatic N) is 1. The van der Waals surface area contributed by atoms with E-state index in [1.54, 1.807) is 7.11 Å². The first-order valence-corrected chi connectivity index (χ1v) is 5.00. The number of rotatable bonds is 2. The number of ether oxygens (including phenoxy) is 1. The zero-order valence-electron chi connectivity index (χ0n) is 9.57. The minimum atomic E-state index is 0.559. The molecule has 0 unspecified atom stereocenters. The number of aryl methyl sites for hydroxylation is 2. The Morgan fingerprint density at radius 3 is 2.62 bits per heavy atom. The van der Waals surface area contributed by atoms with Gasteiger partial charge in [-0.25, -0.2) is 0 Å². The lowest BCUT2D eigenvalue weighted by atomic mass is 10.1. The molecule has 16 heavy (non-hydrogen) atoms. The van der Waals surface area contributed by atoms with Crippen LogP contribution >= 0.6 is 0 Å². The van der Waals surface area contributed by atoms with Crippen molar-refractivity contribution in [3.63, 3.8) is 0 Å². The maximum absolute atomic E-state index is 5.90. The number of hydrogen-bond acceptors (Lipinski definition) is 4. The maximum Gasteiger partial charge on any atom is 0.193 e. The molecule has 1 aromatic carbocycles. The highest BCUT2D eigenvalue weighted by Crippen LogP contribution is 2.35. The summed E-state index contributed by atoms with van der Waals surface area (Å²) >= 11 is 0. The third-order valence-corrected chi connectivity index (χ3v) is 2.51. The normalized spacial score (nSPS) is 10.4. The van der Waals surface area contributed by atoms with Crippen molar-refractivity contribution in [1.82, 2.24) is 5.16 Å². The van der Waals surface area contributed by atoms with Crippen molar-refractivity contribution in [2.75, 3.05) is 12.8 Å². The first-order valence-electron chi connectivity index (χ1n) is 5.00. The highest BCUT2D eigenvalue weighted by molar-refractivity contribution is 5.77. The molecule has 0 fully saturated rings. The summed E-state index contributed by atoms with van der Waals surface area (Å²) in [6.45, 7) is 3.81. The number of anilines is 1. The molecule has 2 rings (SSSR count). The van der Waals surface area contributed by atoms with Gasteiger partial charge in [0.05, 0.1) is 12.7 Å². The van der Waals surface area contributed by atoms with Gasteiger partial charge in [-0.1, -0.05) is 16.8 Å². The van der Waals surface area contributed by atoms with Crippen LogP contribution in [0.1, 0.15) is 11.3 Å². The van der Waals surface area contributed by atoms with Gasteiger partial charge in [-0.2, -0.15) is 0 Å². The fourth-order valence-electron chi connectivity index (χ4n) is 1.57. The summed E-state index contributed by atoms with van der Waals surface area (Å²) in [5.74, 6) is 1.30. The molecule has 0 aliphatic carbocycles. The van der Waals surface area contributed by atoms with E-state index in [-0.39, 0.29) is 0 Å². The van der Waals surface area contributed by atoms with Gasteiger partial charge in [0.15, 0.2) is 5.76 Å². The van der Waals surface area contributed by atoms with Crippen molar-refractivity contribution in [2.45, 2.75) is 13.8 Å². The standard InChI is InChI=1S/C12H14N2O2/c1-7-4-5-10(15-3)9(6-7)12-11(13)8(2)14-16-12/h4-6H,13H2,1-3H3. The first kappa shape index (κ1) is 10.5. The summed E-state index contributed by atoms with van der Waals surface area (Å²) in [4.78, 5) is 0. The van der Waals surface area contributed by atoms with Gasteiger partial charge in [0.25, 0.3) is 0 Å². The Kier molecular flexibility index (Phi) is 2.56. The Morgan fingerprint density at radius 1 is 1.31 bits per heavy atom. The SMILES string of the molecule is COc1ccc(C)cc1-c1onc(C)c1N. The zero-order chi connectivity index (χ0) is 11.7. The number of nitrogens with two attached hydrogens (primary N) is 1. The number of hydrogen-bond donors (Lipinski definition) is 1. The molecule has 84 valence electrons. The van der Waals surface area contributed by atoms with Crippen molar-refractivity contribution < 1.29 is 9.26 Å². The summed E-state index contributed by atoms with van der Waals surface area (Å²) < 4.78 is 10.5. The van der Waals surface area contributed by atoms with Gasteiger partial charge in [0, 0.05) is 0 Å². The second-order valence-corrected chi connectivity index (χ2v) is 3.71. The molecule has 0 bridgehead atoms. The summed E-state index contributed by atoms with van der Waals surface area (Å²) in [5.41, 5.74) is 9.10. The van der Waals surface area contributed by atoms with Gasteiger partial charge in [-0.3, -0.25) is 0 Å². The fourth-order valence-corrected chi connectivity index (χ4v) is 1.57. The lowest BCUT2D eigenvalue weighted by Gasteiger charge is -2.07. The van der Waals surface area contributed by atoms with Crippen molar-refractivity contribution in [1.29, 1.82) is 0 Å². The minimum Gasteiger partial charge on any atom is -0.496 e. The Balaban J connectivity index is 2.62. The van der Waals surface area contributed by atoms with Gasteiger partial charge in [0.2, 0.25) is 0 Å². The Labute approximate surface area is 94.0 Å². The molecule has 0 spiro atoms. The topological polar surface area (TPSA) is 61.3 Å². The summed E-state index contributed by atoms with van der Waals surface area (Å²) in [6, 6.07) is 5.83. The predicted octanol–water partition coefficient (Wildman–Crippen LogP) is 2.55. The third-order valence-electron chi connectivity index (χ3n) is 2.51. The minimum absolute atomic E-state index is 0.559. The highest BCUT2D eigenvalue weighted by atomic mass is 16.5. The Bertz CT molecular complexity index is 518. The first-order chi connectivity index (χ1) is 7.63. The quantitative estimate of drug-likeness (QED) is 0.841. The molecule has 0 atom stereocenters. The van der Waals surface area contributed by atoms with Crippen LogP contribution in [-0.2, 0) is 0 Å². The Morgan fingerprint density at radius 2 is 2.06 bits per heavy atom. The lowest BCUT2D eigenvalue weighted by Crippen LogP contribution is -1.92. The molecule has 4 nitrogen and oxygen atoms in total. The van der Waals surface area contributed by atoms with Crippen LogP contribution in [0.2, 0.25) is 0 Å². The van der Waals surface area contributed by atoms with Crippen LogP contribution in [0.4, 0.5) is 5.69 Å². The van der Waals surface area contributed by atoms with Gasteiger partial charge >= 0.3 is 0 Å². The van der Waals surface area contributed by atoms with Crippen LogP contribution in [0.3, 0.4) is 0 Å². The van der Waals surface area contributed by atoms with Crippen LogP contribution in [0.15, 0.2) is 22.7 Å². The van der Waals surface area contributed by atoms with E-state index in [2.05, 4.69) is 5.16 Å². The van der Waals surface area contributed by atoms with E-state index in [0.717, 1.165) is 16.9 Å². The van der Waals surface area contributed by atoms with Crippen molar-refractivity contribution >= 4 is 5.69 Å². The zero-order valence-corrected chi connectivity index (χ0v) is 9.57. The molecule has 2 aromatic rings. The molecule has 1 aromatic heterocycles. The summed E-state index contributed by atoms with van der Waals surface area (Å²) in [5, 5.41) is 3.84. The highest BCUT2D eigenvalue weighted by Gasteiger charge is 2.16. The van der Waals surface area contributed by atoms with Crippen LogP contribution < -0.4 is 10.5 Å². The third kappa shape index (κ3) is 1.62. The van der Waals surface area contributed by atoms with Gasteiger partial charge < -0.3 is 15.0 Å². The largest absolute Gasteiger partial charge is 0.496 e. The number of nitrogen functional groups attached to an aromatic ring is 1. The molecule has 0 aliphatic heterocycles. The second-order valence-electron chi connectivity index (χ2n) is 3.71. The van der Waals surface area contributed by atoms with E-state index >= 15 is 0 Å². The molecule has 0 amide bonds. The fraction of sp³-hybridized carbons (Fsp3) is 0.250.